The number of hydrogen-bond donors (Lipinski definition) is 2. The van der Waals surface area contributed by atoms with Crippen molar-refractivity contribution in [2.24, 2.45) is 0 Å². The normalized spacial score (nSPS) is 11.2. The fourth-order valence-electron chi connectivity index (χ4n) is 1.38. The van der Waals surface area contributed by atoms with Crippen LogP contribution in [-0.4, -0.2) is 32.1 Å². The van der Waals surface area contributed by atoms with E-state index in [1.165, 1.54) is 12.3 Å². The first-order valence-electron chi connectivity index (χ1n) is 5.26. The molecule has 0 aromatic carbocycles. The molecule has 0 bridgehead atoms. The molecule has 0 aliphatic carbocycles. The molecule has 6 heteroatoms. The topological polar surface area (TPSA) is 88.1 Å². The number of aromatic nitrogens is 3. The molecule has 0 saturated heterocycles. The van der Waals surface area contributed by atoms with Gasteiger partial charge in [0.1, 0.15) is 12.4 Å². The minimum atomic E-state index is -1.01. The Morgan fingerprint density at radius 3 is 3.00 bits per heavy atom. The van der Waals surface area contributed by atoms with Crippen molar-refractivity contribution < 1.29 is 14.6 Å². The van der Waals surface area contributed by atoms with Gasteiger partial charge in [-0.2, -0.15) is 0 Å². The fraction of sp³-hybridized carbons (Fsp3) is 0.364. The molecule has 0 spiro atoms. The minimum absolute atomic E-state index is 0.116. The lowest BCUT2D eigenvalue weighted by atomic mass is 10.3. The molecule has 2 heterocycles. The third-order valence-corrected chi connectivity index (χ3v) is 2.19. The Hall–Kier alpha value is -1.95. The van der Waals surface area contributed by atoms with Crippen molar-refractivity contribution in [1.82, 2.24) is 15.0 Å². The molecular weight excluding hydrogens is 222 g/mol. The van der Waals surface area contributed by atoms with Gasteiger partial charge in [0.2, 0.25) is 0 Å². The number of carboxylic acids is 1. The zero-order valence-electron chi connectivity index (χ0n) is 9.60. The molecule has 17 heavy (non-hydrogen) atoms. The Labute approximate surface area is 97.7 Å². The first-order chi connectivity index (χ1) is 8.06. The summed E-state index contributed by atoms with van der Waals surface area (Å²) >= 11 is 0. The van der Waals surface area contributed by atoms with Gasteiger partial charge in [0, 0.05) is 6.20 Å². The molecule has 0 amide bonds. The first kappa shape index (κ1) is 11.5. The number of H-pyrrole nitrogens is 1. The largest absolute Gasteiger partial charge is 0.478 e. The maximum absolute atomic E-state index is 10.8. The third-order valence-electron chi connectivity index (χ3n) is 2.19. The summed E-state index contributed by atoms with van der Waals surface area (Å²) in [7, 11) is 0. The summed E-state index contributed by atoms with van der Waals surface area (Å²) in [4.78, 5) is 21.9. The number of nitrogens with zero attached hydrogens (tertiary/aromatic N) is 2. The number of rotatable bonds is 4. The molecule has 0 aliphatic rings. The lowest BCUT2D eigenvalue weighted by Gasteiger charge is -2.03. The molecule has 0 fully saturated rings. The van der Waals surface area contributed by atoms with Crippen LogP contribution in [0, 0.1) is 0 Å². The van der Waals surface area contributed by atoms with E-state index in [1.807, 2.05) is 13.8 Å². The number of fused-ring (bicyclic) bond motifs is 1. The van der Waals surface area contributed by atoms with Crippen molar-refractivity contribution in [3.8, 4) is 0 Å². The number of pyridine rings is 1. The lowest BCUT2D eigenvalue weighted by Crippen LogP contribution is -2.03. The zero-order valence-corrected chi connectivity index (χ0v) is 9.60. The van der Waals surface area contributed by atoms with Crippen LogP contribution in [0.5, 0.6) is 0 Å². The summed E-state index contributed by atoms with van der Waals surface area (Å²) in [5, 5.41) is 8.83. The quantitative estimate of drug-likeness (QED) is 0.839. The van der Waals surface area contributed by atoms with Gasteiger partial charge in [0.15, 0.2) is 5.65 Å². The number of aromatic amines is 1. The summed E-state index contributed by atoms with van der Waals surface area (Å²) in [6.45, 7) is 4.23. The molecule has 0 radical (unpaired) electrons. The number of imidazole rings is 1. The fourth-order valence-corrected chi connectivity index (χ4v) is 1.38. The van der Waals surface area contributed by atoms with Crippen LogP contribution in [0.15, 0.2) is 12.3 Å². The van der Waals surface area contributed by atoms with Crippen LogP contribution in [0.1, 0.15) is 30.0 Å². The second kappa shape index (κ2) is 4.50. The molecule has 6 nitrogen and oxygen atoms in total. The number of ether oxygens (including phenoxy) is 1. The van der Waals surface area contributed by atoms with Crippen LogP contribution in [0.4, 0.5) is 0 Å². The van der Waals surface area contributed by atoms with Gasteiger partial charge in [-0.3, -0.25) is 0 Å². The predicted molar refractivity (Wildman–Crippen MR) is 60.8 cm³/mol. The smallest absolute Gasteiger partial charge is 0.337 e. The highest BCUT2D eigenvalue weighted by Crippen LogP contribution is 2.11. The van der Waals surface area contributed by atoms with Gasteiger partial charge in [-0.05, 0) is 19.9 Å². The van der Waals surface area contributed by atoms with Gasteiger partial charge in [0.25, 0.3) is 0 Å². The number of carbonyl (C=O) groups is 1. The Kier molecular flexibility index (Phi) is 3.06. The van der Waals surface area contributed by atoms with Gasteiger partial charge in [-0.15, -0.1) is 0 Å². The monoisotopic (exact) mass is 235 g/mol. The number of aromatic carboxylic acids is 1. The highest BCUT2D eigenvalue weighted by molar-refractivity contribution is 5.90. The van der Waals surface area contributed by atoms with E-state index < -0.39 is 5.97 Å². The summed E-state index contributed by atoms with van der Waals surface area (Å²) in [6.07, 6.45) is 1.41. The molecule has 2 N–H and O–H groups in total. The number of carboxylic acid groups (broad SMARTS) is 1. The third kappa shape index (κ3) is 2.59. The van der Waals surface area contributed by atoms with Crippen molar-refractivity contribution in [2.45, 2.75) is 26.6 Å². The van der Waals surface area contributed by atoms with Crippen molar-refractivity contribution in [2.75, 3.05) is 0 Å². The van der Waals surface area contributed by atoms with Gasteiger partial charge in [0.05, 0.1) is 17.2 Å². The molecule has 0 saturated carbocycles. The van der Waals surface area contributed by atoms with E-state index in [9.17, 15) is 4.79 Å². The second-order valence-corrected chi connectivity index (χ2v) is 3.94. The van der Waals surface area contributed by atoms with Crippen LogP contribution < -0.4 is 0 Å². The molecule has 0 unspecified atom stereocenters. The van der Waals surface area contributed by atoms with Crippen LogP contribution in [0.25, 0.3) is 11.2 Å². The Balaban J connectivity index is 2.27. The van der Waals surface area contributed by atoms with Gasteiger partial charge >= 0.3 is 5.97 Å². The van der Waals surface area contributed by atoms with E-state index in [0.29, 0.717) is 23.6 Å². The maximum Gasteiger partial charge on any atom is 0.337 e. The summed E-state index contributed by atoms with van der Waals surface area (Å²) in [5.74, 6) is -0.363. The van der Waals surface area contributed by atoms with Crippen LogP contribution >= 0.6 is 0 Å². The highest BCUT2D eigenvalue weighted by Gasteiger charge is 2.09. The first-order valence-corrected chi connectivity index (χ1v) is 5.26. The molecule has 0 aliphatic heterocycles. The van der Waals surface area contributed by atoms with Gasteiger partial charge in [-0.25, -0.2) is 14.8 Å². The van der Waals surface area contributed by atoms with E-state index in [2.05, 4.69) is 15.0 Å². The average Bonchev–Trinajstić information content (AvgIpc) is 2.67. The number of nitrogens with one attached hydrogen (secondary N) is 1. The molecular formula is C11H13N3O3. The van der Waals surface area contributed by atoms with Crippen LogP contribution in [0.2, 0.25) is 0 Å². The SMILES string of the molecule is CC(C)OCc1nc2ncc(C(=O)O)cc2[nH]1. The highest BCUT2D eigenvalue weighted by atomic mass is 16.5. The molecule has 2 aromatic heterocycles. The Morgan fingerprint density at radius 2 is 2.35 bits per heavy atom. The lowest BCUT2D eigenvalue weighted by molar-refractivity contribution is 0.0618. The Morgan fingerprint density at radius 1 is 1.59 bits per heavy atom. The molecule has 2 aromatic rings. The van der Waals surface area contributed by atoms with E-state index >= 15 is 0 Å². The predicted octanol–water partition coefficient (Wildman–Crippen LogP) is 1.58. The molecule has 0 atom stereocenters. The minimum Gasteiger partial charge on any atom is -0.478 e. The maximum atomic E-state index is 10.8. The van der Waals surface area contributed by atoms with Crippen molar-refractivity contribution in [3.05, 3.63) is 23.7 Å². The summed E-state index contributed by atoms with van der Waals surface area (Å²) in [6, 6.07) is 1.51. The van der Waals surface area contributed by atoms with E-state index in [-0.39, 0.29) is 11.7 Å². The summed E-state index contributed by atoms with van der Waals surface area (Å²) in [5.41, 5.74) is 1.24. The van der Waals surface area contributed by atoms with E-state index in [0.717, 1.165) is 0 Å². The molecule has 2 rings (SSSR count). The van der Waals surface area contributed by atoms with Gasteiger partial charge in [-0.1, -0.05) is 0 Å². The number of hydrogen-bond acceptors (Lipinski definition) is 4. The van der Waals surface area contributed by atoms with Gasteiger partial charge < -0.3 is 14.8 Å². The average molecular weight is 235 g/mol. The standard InChI is InChI=1S/C11H13N3O3/c1-6(2)17-5-9-13-8-3-7(11(15)16)4-12-10(8)14-9/h3-4,6H,5H2,1-2H3,(H,15,16)(H,12,13,14). The van der Waals surface area contributed by atoms with E-state index in [4.69, 9.17) is 9.84 Å². The Bertz CT molecular complexity index is 548. The summed E-state index contributed by atoms with van der Waals surface area (Å²) < 4.78 is 5.40. The van der Waals surface area contributed by atoms with Crippen molar-refractivity contribution >= 4 is 17.1 Å². The van der Waals surface area contributed by atoms with Crippen LogP contribution in [0.3, 0.4) is 0 Å². The molecule has 90 valence electrons. The van der Waals surface area contributed by atoms with Crippen LogP contribution in [-0.2, 0) is 11.3 Å². The zero-order chi connectivity index (χ0) is 12.4. The second-order valence-electron chi connectivity index (χ2n) is 3.94. The van der Waals surface area contributed by atoms with Crippen molar-refractivity contribution in [3.63, 3.8) is 0 Å². The van der Waals surface area contributed by atoms with E-state index in [1.54, 1.807) is 0 Å². The van der Waals surface area contributed by atoms with Crippen molar-refractivity contribution in [1.29, 1.82) is 0 Å².